The van der Waals surface area contributed by atoms with E-state index in [1.165, 1.54) is 80.9 Å². The van der Waals surface area contributed by atoms with Gasteiger partial charge in [-0.3, -0.25) is 0 Å². The van der Waals surface area contributed by atoms with Gasteiger partial charge in [0.2, 0.25) is 0 Å². The van der Waals surface area contributed by atoms with E-state index in [9.17, 15) is 0 Å². The van der Waals surface area contributed by atoms with E-state index in [0.29, 0.717) is 0 Å². The van der Waals surface area contributed by atoms with Gasteiger partial charge >= 0.3 is 0 Å². The number of fused-ring (bicyclic) bond motifs is 6. The number of rotatable bonds is 8. The van der Waals surface area contributed by atoms with Crippen LogP contribution >= 0.6 is 11.3 Å². The molecule has 63 heavy (non-hydrogen) atoms. The van der Waals surface area contributed by atoms with Gasteiger partial charge in [-0.05, 0) is 106 Å². The van der Waals surface area contributed by atoms with Crippen molar-refractivity contribution in [2.45, 2.75) is 0 Å². The van der Waals surface area contributed by atoms with Gasteiger partial charge in [0, 0.05) is 53.6 Å². The average Bonchev–Trinajstić information content (AvgIpc) is 3.90. The molecule has 0 amide bonds. The Morgan fingerprint density at radius 2 is 0.841 bits per heavy atom. The van der Waals surface area contributed by atoms with E-state index in [1.54, 1.807) is 0 Å². The van der Waals surface area contributed by atoms with Crippen LogP contribution in [0.5, 0.6) is 0 Å². The fourth-order valence-electron chi connectivity index (χ4n) is 9.53. The van der Waals surface area contributed by atoms with E-state index >= 15 is 0 Å². The molecule has 3 heteroatoms. The lowest BCUT2D eigenvalue weighted by Gasteiger charge is -2.29. The van der Waals surface area contributed by atoms with Crippen molar-refractivity contribution in [1.29, 1.82) is 0 Å². The van der Waals surface area contributed by atoms with Gasteiger partial charge in [0.25, 0.3) is 0 Å². The van der Waals surface area contributed by atoms with E-state index in [1.807, 2.05) is 11.3 Å². The highest BCUT2D eigenvalue weighted by Gasteiger charge is 2.22. The molecule has 10 aromatic carbocycles. The summed E-state index contributed by atoms with van der Waals surface area (Å²) in [5, 5.41) is 5.07. The zero-order valence-corrected chi connectivity index (χ0v) is 35.2. The van der Waals surface area contributed by atoms with Crippen LogP contribution in [0, 0.1) is 0 Å². The summed E-state index contributed by atoms with van der Waals surface area (Å²) in [7, 11) is 0. The van der Waals surface area contributed by atoms with E-state index in [2.05, 4.69) is 252 Å². The minimum atomic E-state index is 1.09. The number of aromatic nitrogens is 1. The Hall–Kier alpha value is -7.98. The molecule has 0 saturated heterocycles. The minimum Gasteiger partial charge on any atom is -0.310 e. The molecule has 0 atom stereocenters. The van der Waals surface area contributed by atoms with Crippen LogP contribution in [0.4, 0.5) is 17.1 Å². The highest BCUT2D eigenvalue weighted by molar-refractivity contribution is 7.25. The molecule has 0 N–H and O–H groups in total. The summed E-state index contributed by atoms with van der Waals surface area (Å²) < 4.78 is 5.02. The van der Waals surface area contributed by atoms with Gasteiger partial charge in [-0.1, -0.05) is 176 Å². The smallest absolute Gasteiger partial charge is 0.0542 e. The van der Waals surface area contributed by atoms with E-state index < -0.39 is 0 Å². The first-order valence-electron chi connectivity index (χ1n) is 21.5. The lowest BCUT2D eigenvalue weighted by molar-refractivity contribution is 1.18. The van der Waals surface area contributed by atoms with Crippen molar-refractivity contribution >= 4 is 70.4 Å². The Morgan fingerprint density at radius 3 is 1.62 bits per heavy atom. The first-order valence-corrected chi connectivity index (χ1v) is 22.3. The molecule has 0 aliphatic rings. The maximum Gasteiger partial charge on any atom is 0.0542 e. The molecule has 12 rings (SSSR count). The van der Waals surface area contributed by atoms with Crippen LogP contribution in [0.15, 0.2) is 243 Å². The van der Waals surface area contributed by atoms with Crippen LogP contribution in [0.1, 0.15) is 0 Å². The van der Waals surface area contributed by atoms with Crippen LogP contribution in [-0.2, 0) is 0 Å². The molecule has 0 aliphatic heterocycles. The molecule has 2 nitrogen and oxygen atoms in total. The summed E-state index contributed by atoms with van der Waals surface area (Å²) in [6, 6.07) is 88.4. The molecule has 0 radical (unpaired) electrons. The van der Waals surface area contributed by atoms with Gasteiger partial charge in [0.1, 0.15) is 0 Å². The predicted octanol–water partition coefficient (Wildman–Crippen LogP) is 17.3. The lowest BCUT2D eigenvalue weighted by Crippen LogP contribution is -2.11. The number of hydrogen-bond acceptors (Lipinski definition) is 2. The van der Waals surface area contributed by atoms with Crippen molar-refractivity contribution in [2.75, 3.05) is 4.90 Å². The highest BCUT2D eigenvalue weighted by atomic mass is 32.1. The summed E-state index contributed by atoms with van der Waals surface area (Å²) in [6.45, 7) is 0. The number of thiophene rings is 1. The first-order chi connectivity index (χ1) is 31.3. The normalized spacial score (nSPS) is 11.5. The summed E-state index contributed by atoms with van der Waals surface area (Å²) in [5.74, 6) is 0. The standard InChI is InChI=1S/C60H40N2S/c1-3-17-42(18-4-1)47-21-7-8-22-48(47)49-23-9-10-24-50(49)51-25-11-14-28-56(51)61(45-34-31-41(32-35-45)43-33-37-54-53-27-13-16-30-59(53)63-60(54)39-43)46-36-38-58-55(40-46)52-26-12-15-29-57(52)62(58)44-19-5-2-6-20-44/h1-40H. The molecule has 12 aromatic rings. The second-order valence-corrected chi connectivity index (χ2v) is 17.1. The zero-order valence-electron chi connectivity index (χ0n) is 34.4. The van der Waals surface area contributed by atoms with Gasteiger partial charge in [0.15, 0.2) is 0 Å². The number of hydrogen-bond donors (Lipinski definition) is 0. The van der Waals surface area contributed by atoms with E-state index in [0.717, 1.165) is 28.3 Å². The molecule has 296 valence electrons. The Kier molecular flexibility index (Phi) is 9.06. The monoisotopic (exact) mass is 820 g/mol. The van der Waals surface area contributed by atoms with Crippen LogP contribution in [-0.4, -0.2) is 4.57 Å². The molecule has 0 saturated carbocycles. The van der Waals surface area contributed by atoms with E-state index in [-0.39, 0.29) is 0 Å². The average molecular weight is 821 g/mol. The third kappa shape index (κ3) is 6.41. The largest absolute Gasteiger partial charge is 0.310 e. The molecule has 2 heterocycles. The van der Waals surface area contributed by atoms with Crippen LogP contribution < -0.4 is 4.90 Å². The van der Waals surface area contributed by atoms with Crippen LogP contribution in [0.2, 0.25) is 0 Å². The molecule has 0 fully saturated rings. The Labute approximate surface area is 370 Å². The molecule has 2 aromatic heterocycles. The number of anilines is 3. The third-order valence-corrected chi connectivity index (χ3v) is 13.6. The van der Waals surface area contributed by atoms with Crippen molar-refractivity contribution < 1.29 is 0 Å². The van der Waals surface area contributed by atoms with Gasteiger partial charge < -0.3 is 9.47 Å². The SMILES string of the molecule is c1ccc(-c2ccccc2-c2ccccc2-c2ccccc2N(c2ccc(-c3ccc4c(c3)sc3ccccc34)cc2)c2ccc3c(c2)c2ccccc2n3-c2ccccc2)cc1. The van der Waals surface area contributed by atoms with Crippen molar-refractivity contribution in [3.8, 4) is 50.2 Å². The summed E-state index contributed by atoms with van der Waals surface area (Å²) in [5.41, 5.74) is 16.3. The van der Waals surface area contributed by atoms with Crippen molar-refractivity contribution in [3.05, 3.63) is 243 Å². The Balaban J connectivity index is 1.05. The van der Waals surface area contributed by atoms with Crippen molar-refractivity contribution in [1.82, 2.24) is 4.57 Å². The minimum absolute atomic E-state index is 1.09. The van der Waals surface area contributed by atoms with Gasteiger partial charge in [-0.15, -0.1) is 11.3 Å². The topological polar surface area (TPSA) is 8.17 Å². The fraction of sp³-hybridized carbons (Fsp3) is 0. The molecule has 0 bridgehead atoms. The Morgan fingerprint density at radius 1 is 0.302 bits per heavy atom. The van der Waals surface area contributed by atoms with Crippen molar-refractivity contribution in [2.24, 2.45) is 0 Å². The Bertz CT molecular complexity index is 3620. The lowest BCUT2D eigenvalue weighted by atomic mass is 9.88. The van der Waals surface area contributed by atoms with Crippen LogP contribution in [0.3, 0.4) is 0 Å². The van der Waals surface area contributed by atoms with Crippen LogP contribution in [0.25, 0.3) is 92.2 Å². The van der Waals surface area contributed by atoms with Crippen molar-refractivity contribution in [3.63, 3.8) is 0 Å². The molecule has 0 aliphatic carbocycles. The summed E-state index contributed by atoms with van der Waals surface area (Å²) in [6.07, 6.45) is 0. The highest BCUT2D eigenvalue weighted by Crippen LogP contribution is 2.47. The molecular formula is C60H40N2S. The van der Waals surface area contributed by atoms with Gasteiger partial charge in [-0.25, -0.2) is 0 Å². The maximum absolute atomic E-state index is 2.45. The zero-order chi connectivity index (χ0) is 41.7. The third-order valence-electron chi connectivity index (χ3n) is 12.4. The quantitative estimate of drug-likeness (QED) is 0.148. The first kappa shape index (κ1) is 36.8. The maximum atomic E-state index is 2.45. The predicted molar refractivity (Wildman–Crippen MR) is 270 cm³/mol. The number of para-hydroxylation sites is 3. The number of nitrogens with zero attached hydrogens (tertiary/aromatic N) is 2. The molecule has 0 unspecified atom stereocenters. The second-order valence-electron chi connectivity index (χ2n) is 16.1. The molecule has 0 spiro atoms. The van der Waals surface area contributed by atoms with Gasteiger partial charge in [-0.2, -0.15) is 0 Å². The van der Waals surface area contributed by atoms with Gasteiger partial charge in [0.05, 0.1) is 16.7 Å². The summed E-state index contributed by atoms with van der Waals surface area (Å²) in [4.78, 5) is 2.45. The van der Waals surface area contributed by atoms with E-state index in [4.69, 9.17) is 0 Å². The molecular weight excluding hydrogens is 781 g/mol. The second kappa shape index (κ2) is 15.5. The fourth-order valence-corrected chi connectivity index (χ4v) is 10.7. The summed E-state index contributed by atoms with van der Waals surface area (Å²) >= 11 is 1.86. The number of benzene rings is 10.